The van der Waals surface area contributed by atoms with E-state index < -0.39 is 10.8 Å². The molecule has 2 heterocycles. The summed E-state index contributed by atoms with van der Waals surface area (Å²) in [5.74, 6) is 0. The van der Waals surface area contributed by atoms with E-state index in [2.05, 4.69) is 223 Å². The molecule has 0 amide bonds. The van der Waals surface area contributed by atoms with E-state index in [1.165, 1.54) is 77.6 Å². The molecule has 0 saturated carbocycles. The molecule has 1 aliphatic heterocycles. The lowest BCUT2D eigenvalue weighted by Crippen LogP contribution is -2.35. The highest BCUT2D eigenvalue weighted by atomic mass is 15.0. The Labute approximate surface area is 343 Å². The van der Waals surface area contributed by atoms with Crippen LogP contribution in [0.5, 0.6) is 0 Å². The van der Waals surface area contributed by atoms with Crippen molar-refractivity contribution in [3.8, 4) is 34.0 Å². The molecule has 9 aromatic carbocycles. The van der Waals surface area contributed by atoms with Crippen LogP contribution in [0.2, 0.25) is 0 Å². The zero-order valence-electron chi connectivity index (χ0n) is 32.2. The van der Waals surface area contributed by atoms with Crippen LogP contribution in [0.25, 0.3) is 49.7 Å². The van der Waals surface area contributed by atoms with Gasteiger partial charge in [-0.1, -0.05) is 188 Å². The van der Waals surface area contributed by atoms with E-state index in [1.54, 1.807) is 0 Å². The molecule has 0 spiro atoms. The molecule has 1 aliphatic carbocycles. The number of rotatable bonds is 5. The van der Waals surface area contributed by atoms with Gasteiger partial charge in [0, 0.05) is 10.8 Å². The van der Waals surface area contributed by atoms with Crippen molar-refractivity contribution in [2.45, 2.75) is 10.8 Å². The predicted octanol–water partition coefficient (Wildman–Crippen LogP) is 13.4. The highest BCUT2D eigenvalue weighted by Gasteiger charge is 2.47. The number of aromatic nitrogens is 1. The average molecular weight is 749 g/mol. The van der Waals surface area contributed by atoms with Crippen molar-refractivity contribution in [3.63, 3.8) is 0 Å². The molecule has 0 saturated heterocycles. The number of hydrogen-bond donors (Lipinski definition) is 0. The van der Waals surface area contributed by atoms with Gasteiger partial charge in [0.1, 0.15) is 0 Å². The van der Waals surface area contributed by atoms with Gasteiger partial charge in [0.2, 0.25) is 0 Å². The fourth-order valence-corrected chi connectivity index (χ4v) is 10.8. The Morgan fingerprint density at radius 2 is 0.881 bits per heavy atom. The van der Waals surface area contributed by atoms with Gasteiger partial charge in [0.25, 0.3) is 0 Å². The van der Waals surface area contributed by atoms with Crippen LogP contribution in [-0.4, -0.2) is 4.57 Å². The first kappa shape index (κ1) is 33.4. The smallest absolute Gasteiger partial charge is 0.0991 e. The second-order valence-corrected chi connectivity index (χ2v) is 15.9. The minimum Gasteiger partial charge on any atom is -0.309 e. The SMILES string of the molecule is N#Cc1ccc2c(c1)C(c1ccccc1)(c1ccccc1)c1cc(-c3ccc(C4(c5ccccc5)c5ccccc5-n5c6ccccc6c6cccc4c65)cc3)ccc1-2. The lowest BCUT2D eigenvalue weighted by Gasteiger charge is -2.41. The number of nitriles is 1. The number of para-hydroxylation sites is 3. The zero-order chi connectivity index (χ0) is 39.1. The summed E-state index contributed by atoms with van der Waals surface area (Å²) in [5.41, 5.74) is 17.6. The molecule has 1 atom stereocenters. The van der Waals surface area contributed by atoms with Crippen LogP contribution in [0.4, 0.5) is 0 Å². The van der Waals surface area contributed by atoms with Crippen LogP contribution >= 0.6 is 0 Å². The third-order valence-corrected chi connectivity index (χ3v) is 13.2. The van der Waals surface area contributed by atoms with Gasteiger partial charge < -0.3 is 4.57 Å². The predicted molar refractivity (Wildman–Crippen MR) is 240 cm³/mol. The Balaban J connectivity index is 1.09. The molecule has 1 unspecified atom stereocenters. The Bertz CT molecular complexity index is 3280. The zero-order valence-corrected chi connectivity index (χ0v) is 32.2. The van der Waals surface area contributed by atoms with Crippen molar-refractivity contribution in [1.29, 1.82) is 5.26 Å². The van der Waals surface area contributed by atoms with Gasteiger partial charge in [0.05, 0.1) is 39.2 Å². The molecule has 1 aromatic heterocycles. The largest absolute Gasteiger partial charge is 0.309 e. The molecule has 2 nitrogen and oxygen atoms in total. The maximum absolute atomic E-state index is 10.1. The van der Waals surface area contributed by atoms with Gasteiger partial charge in [-0.15, -0.1) is 0 Å². The molecule has 0 radical (unpaired) electrons. The van der Waals surface area contributed by atoms with E-state index in [4.69, 9.17) is 0 Å². The number of benzene rings is 9. The lowest BCUT2D eigenvalue weighted by atomic mass is 9.63. The topological polar surface area (TPSA) is 28.7 Å². The molecule has 274 valence electrons. The van der Waals surface area contributed by atoms with Crippen molar-refractivity contribution in [2.75, 3.05) is 0 Å². The first-order chi connectivity index (χ1) is 29.2. The van der Waals surface area contributed by atoms with Crippen LogP contribution in [0, 0.1) is 11.3 Å². The molecule has 2 aliphatic rings. The average Bonchev–Trinajstić information content (AvgIpc) is 3.81. The third kappa shape index (κ3) is 4.45. The first-order valence-corrected chi connectivity index (χ1v) is 20.3. The van der Waals surface area contributed by atoms with E-state index in [-0.39, 0.29) is 0 Å². The number of nitrogens with zero attached hydrogens (tertiary/aromatic N) is 2. The van der Waals surface area contributed by atoms with Gasteiger partial charge in [-0.25, -0.2) is 0 Å². The van der Waals surface area contributed by atoms with E-state index in [0.29, 0.717) is 5.56 Å². The molecule has 10 aromatic rings. The summed E-state index contributed by atoms with van der Waals surface area (Å²) in [7, 11) is 0. The minimum atomic E-state index is -0.601. The quantitative estimate of drug-likeness (QED) is 0.172. The van der Waals surface area contributed by atoms with Crippen LogP contribution in [0.15, 0.2) is 218 Å². The van der Waals surface area contributed by atoms with Crippen LogP contribution in [-0.2, 0) is 10.8 Å². The molecule has 0 bridgehead atoms. The Hall–Kier alpha value is -7.73. The molecular formula is C57H36N2. The van der Waals surface area contributed by atoms with Gasteiger partial charge in [-0.2, -0.15) is 5.26 Å². The molecule has 0 N–H and O–H groups in total. The Morgan fingerprint density at radius 1 is 0.373 bits per heavy atom. The lowest BCUT2D eigenvalue weighted by molar-refractivity contribution is 0.728. The van der Waals surface area contributed by atoms with Gasteiger partial charge in [-0.05, 0) is 97.1 Å². The maximum Gasteiger partial charge on any atom is 0.0991 e. The monoisotopic (exact) mass is 748 g/mol. The van der Waals surface area contributed by atoms with Crippen LogP contribution < -0.4 is 0 Å². The van der Waals surface area contributed by atoms with E-state index in [1.807, 2.05) is 6.07 Å². The van der Waals surface area contributed by atoms with Gasteiger partial charge in [0.15, 0.2) is 0 Å². The van der Waals surface area contributed by atoms with Crippen LogP contribution in [0.1, 0.15) is 50.1 Å². The fourth-order valence-electron chi connectivity index (χ4n) is 10.8. The van der Waals surface area contributed by atoms with Crippen molar-refractivity contribution >= 4 is 21.8 Å². The first-order valence-electron chi connectivity index (χ1n) is 20.3. The van der Waals surface area contributed by atoms with Crippen molar-refractivity contribution in [1.82, 2.24) is 4.57 Å². The summed E-state index contributed by atoms with van der Waals surface area (Å²) in [6.07, 6.45) is 0. The van der Waals surface area contributed by atoms with E-state index >= 15 is 0 Å². The highest BCUT2D eigenvalue weighted by molar-refractivity contribution is 6.12. The van der Waals surface area contributed by atoms with Crippen molar-refractivity contribution in [3.05, 3.63) is 268 Å². The summed E-state index contributed by atoms with van der Waals surface area (Å²) in [6, 6.07) is 82.2. The van der Waals surface area contributed by atoms with E-state index in [0.717, 1.165) is 16.7 Å². The standard InChI is InChI=1S/C57H36N2/c58-37-38-27-33-45-46-34-30-40(36-52(46)57(51(45)35-38,42-17-6-2-7-18-42)43-19-8-3-9-20-43)39-28-31-44(32-29-39)56(41-15-4-1-5-16-41)49-23-11-13-26-54(49)59-53-25-12-10-21-47(53)48-22-14-24-50(56)55(48)59/h1-36H. The van der Waals surface area contributed by atoms with Crippen LogP contribution in [0.3, 0.4) is 0 Å². The summed E-state index contributed by atoms with van der Waals surface area (Å²) in [6.45, 7) is 0. The highest BCUT2D eigenvalue weighted by Crippen LogP contribution is 2.58. The molecule has 2 heteroatoms. The van der Waals surface area contributed by atoms with Gasteiger partial charge >= 0.3 is 0 Å². The number of fused-ring (bicyclic) bond motifs is 8. The second-order valence-electron chi connectivity index (χ2n) is 15.9. The summed E-state index contributed by atoms with van der Waals surface area (Å²) < 4.78 is 2.48. The summed E-state index contributed by atoms with van der Waals surface area (Å²) >= 11 is 0. The Morgan fingerprint density at radius 3 is 1.56 bits per heavy atom. The molecular weight excluding hydrogens is 713 g/mol. The Kier molecular flexibility index (Phi) is 7.16. The fraction of sp³-hybridized carbons (Fsp3) is 0.0351. The summed E-state index contributed by atoms with van der Waals surface area (Å²) in [4.78, 5) is 0. The van der Waals surface area contributed by atoms with Crippen molar-refractivity contribution in [2.24, 2.45) is 0 Å². The second kappa shape index (κ2) is 12.6. The maximum atomic E-state index is 10.1. The van der Waals surface area contributed by atoms with Crippen molar-refractivity contribution < 1.29 is 0 Å². The minimum absolute atomic E-state index is 0.561. The van der Waals surface area contributed by atoms with Gasteiger partial charge in [-0.3, -0.25) is 0 Å². The molecule has 59 heavy (non-hydrogen) atoms. The molecule has 12 rings (SSSR count). The van der Waals surface area contributed by atoms with E-state index in [9.17, 15) is 5.26 Å². The molecule has 0 fully saturated rings. The summed E-state index contributed by atoms with van der Waals surface area (Å²) in [5, 5.41) is 12.7. The number of hydrogen-bond acceptors (Lipinski definition) is 1. The third-order valence-electron chi connectivity index (χ3n) is 13.2. The normalized spacial score (nSPS) is 15.6.